The van der Waals surface area contributed by atoms with Gasteiger partial charge in [0, 0.05) is 25.2 Å². The van der Waals surface area contributed by atoms with E-state index in [1.807, 2.05) is 53.1 Å². The molecule has 1 N–H and O–H groups in total. The first kappa shape index (κ1) is 15.7. The van der Waals surface area contributed by atoms with Crippen molar-refractivity contribution in [3.8, 4) is 5.75 Å². The van der Waals surface area contributed by atoms with Crippen molar-refractivity contribution in [2.24, 2.45) is 0 Å². The van der Waals surface area contributed by atoms with Crippen LogP contribution in [0.2, 0.25) is 0 Å². The van der Waals surface area contributed by atoms with E-state index in [9.17, 15) is 4.79 Å². The van der Waals surface area contributed by atoms with Gasteiger partial charge in [0.15, 0.2) is 5.65 Å². The molecule has 1 amide bonds. The Kier molecular flexibility index (Phi) is 4.86. The second-order valence-corrected chi connectivity index (χ2v) is 5.20. The Morgan fingerprint density at radius 1 is 1.25 bits per heavy atom. The molecule has 3 aromatic rings. The summed E-state index contributed by atoms with van der Waals surface area (Å²) in [4.78, 5) is 11.9. The van der Waals surface area contributed by atoms with Gasteiger partial charge in [-0.2, -0.15) is 0 Å². The molecule has 0 fully saturated rings. The van der Waals surface area contributed by atoms with E-state index in [0.717, 1.165) is 22.8 Å². The number of methoxy groups -OCH3 is 1. The summed E-state index contributed by atoms with van der Waals surface area (Å²) < 4.78 is 7.07. The van der Waals surface area contributed by atoms with Gasteiger partial charge in [0.1, 0.15) is 11.6 Å². The minimum Gasteiger partial charge on any atom is -0.497 e. The number of hydrogen-bond acceptors (Lipinski definition) is 4. The molecule has 0 aliphatic rings. The number of carbonyl (C=O) groups is 1. The van der Waals surface area contributed by atoms with Crippen LogP contribution in [0.1, 0.15) is 11.4 Å². The summed E-state index contributed by atoms with van der Waals surface area (Å²) in [6.45, 7) is 0.497. The molecule has 2 aromatic heterocycles. The number of nitrogens with one attached hydrogen (secondary N) is 1. The molecule has 6 heteroatoms. The summed E-state index contributed by atoms with van der Waals surface area (Å²) in [5.41, 5.74) is 1.71. The van der Waals surface area contributed by atoms with Crippen molar-refractivity contribution in [2.45, 2.75) is 6.42 Å². The van der Waals surface area contributed by atoms with Gasteiger partial charge in [0.05, 0.1) is 7.11 Å². The van der Waals surface area contributed by atoms with E-state index in [0.29, 0.717) is 13.0 Å². The number of carbonyl (C=O) groups excluding carboxylic acids is 1. The van der Waals surface area contributed by atoms with E-state index in [-0.39, 0.29) is 5.91 Å². The summed E-state index contributed by atoms with van der Waals surface area (Å²) in [6, 6.07) is 13.3. The fourth-order valence-corrected chi connectivity index (χ4v) is 2.33. The number of nitrogens with zero attached hydrogens (tertiary/aromatic N) is 3. The average molecular weight is 322 g/mol. The number of hydrogen-bond donors (Lipinski definition) is 1. The lowest BCUT2D eigenvalue weighted by molar-refractivity contribution is -0.116. The Bertz CT molecular complexity index is 870. The third-order valence-electron chi connectivity index (χ3n) is 3.55. The second kappa shape index (κ2) is 7.41. The minimum absolute atomic E-state index is 0.147. The molecule has 0 unspecified atom stereocenters. The van der Waals surface area contributed by atoms with Crippen LogP contribution in [0.25, 0.3) is 11.7 Å². The second-order valence-electron chi connectivity index (χ2n) is 5.20. The molecule has 3 rings (SSSR count). The van der Waals surface area contributed by atoms with Crippen molar-refractivity contribution in [1.29, 1.82) is 0 Å². The number of pyridine rings is 1. The molecule has 0 saturated heterocycles. The van der Waals surface area contributed by atoms with Crippen LogP contribution in [0.15, 0.2) is 54.7 Å². The van der Waals surface area contributed by atoms with Gasteiger partial charge in [-0.15, -0.1) is 10.2 Å². The molecule has 6 nitrogen and oxygen atoms in total. The third kappa shape index (κ3) is 3.78. The fraction of sp³-hybridized carbons (Fsp3) is 0.167. The molecule has 0 radical (unpaired) electrons. The highest BCUT2D eigenvalue weighted by molar-refractivity contribution is 5.91. The van der Waals surface area contributed by atoms with Gasteiger partial charge in [0.2, 0.25) is 5.91 Å². The summed E-state index contributed by atoms with van der Waals surface area (Å²) >= 11 is 0. The number of ether oxygens (including phenoxy) is 1. The van der Waals surface area contributed by atoms with Gasteiger partial charge < -0.3 is 10.1 Å². The Labute approximate surface area is 139 Å². The zero-order valence-electron chi connectivity index (χ0n) is 13.3. The van der Waals surface area contributed by atoms with Crippen molar-refractivity contribution >= 4 is 17.6 Å². The highest BCUT2D eigenvalue weighted by Crippen LogP contribution is 2.13. The maximum atomic E-state index is 11.9. The molecule has 0 aliphatic carbocycles. The van der Waals surface area contributed by atoms with Crippen LogP contribution in [0.5, 0.6) is 5.75 Å². The summed E-state index contributed by atoms with van der Waals surface area (Å²) in [5, 5.41) is 11.1. The molecule has 0 bridgehead atoms. The van der Waals surface area contributed by atoms with Crippen LogP contribution < -0.4 is 10.1 Å². The van der Waals surface area contributed by atoms with Gasteiger partial charge in [-0.25, -0.2) is 0 Å². The van der Waals surface area contributed by atoms with Gasteiger partial charge in [0.25, 0.3) is 0 Å². The van der Waals surface area contributed by atoms with Crippen molar-refractivity contribution in [1.82, 2.24) is 19.9 Å². The van der Waals surface area contributed by atoms with Crippen LogP contribution in [0, 0.1) is 0 Å². The van der Waals surface area contributed by atoms with E-state index in [2.05, 4.69) is 15.5 Å². The molecule has 24 heavy (non-hydrogen) atoms. The molecule has 1 aromatic carbocycles. The monoisotopic (exact) mass is 322 g/mol. The average Bonchev–Trinajstić information content (AvgIpc) is 3.03. The lowest BCUT2D eigenvalue weighted by atomic mass is 10.2. The number of amides is 1. The number of aromatic nitrogens is 3. The lowest BCUT2D eigenvalue weighted by Gasteiger charge is -2.02. The standard InChI is InChI=1S/C18H18N4O2/c1-24-15-6-4-5-14(13-15)8-9-18(23)19-11-10-17-21-20-16-7-2-3-12-22(16)17/h2-9,12-13H,10-11H2,1H3,(H,19,23). The van der Waals surface area contributed by atoms with Gasteiger partial charge in [-0.05, 0) is 35.9 Å². The van der Waals surface area contributed by atoms with E-state index in [4.69, 9.17) is 4.74 Å². The predicted molar refractivity (Wildman–Crippen MR) is 91.7 cm³/mol. The zero-order chi connectivity index (χ0) is 16.8. The Hall–Kier alpha value is -3.15. The smallest absolute Gasteiger partial charge is 0.244 e. The summed E-state index contributed by atoms with van der Waals surface area (Å²) in [6.07, 6.45) is 5.79. The number of fused-ring (bicyclic) bond motifs is 1. The number of rotatable bonds is 6. The molecular weight excluding hydrogens is 304 g/mol. The van der Waals surface area contributed by atoms with Crippen LogP contribution in [-0.2, 0) is 11.2 Å². The van der Waals surface area contributed by atoms with E-state index in [1.54, 1.807) is 13.2 Å². The van der Waals surface area contributed by atoms with Crippen molar-refractivity contribution in [2.75, 3.05) is 13.7 Å². The molecule has 0 aliphatic heterocycles. The summed E-state index contributed by atoms with van der Waals surface area (Å²) in [7, 11) is 1.61. The molecular formula is C18H18N4O2. The molecule has 122 valence electrons. The first-order valence-electron chi connectivity index (χ1n) is 7.65. The van der Waals surface area contributed by atoms with Gasteiger partial charge in [-0.3, -0.25) is 9.20 Å². The van der Waals surface area contributed by atoms with Crippen molar-refractivity contribution in [3.63, 3.8) is 0 Å². The van der Waals surface area contributed by atoms with Gasteiger partial charge in [-0.1, -0.05) is 18.2 Å². The highest BCUT2D eigenvalue weighted by Gasteiger charge is 2.04. The maximum Gasteiger partial charge on any atom is 0.244 e. The largest absolute Gasteiger partial charge is 0.497 e. The quantitative estimate of drug-likeness (QED) is 0.706. The van der Waals surface area contributed by atoms with E-state index in [1.165, 1.54) is 6.08 Å². The molecule has 2 heterocycles. The maximum absolute atomic E-state index is 11.9. The summed E-state index contributed by atoms with van der Waals surface area (Å²) in [5.74, 6) is 1.44. The highest BCUT2D eigenvalue weighted by atomic mass is 16.5. The van der Waals surface area contributed by atoms with Crippen molar-refractivity contribution in [3.05, 3.63) is 66.1 Å². The fourth-order valence-electron chi connectivity index (χ4n) is 2.33. The third-order valence-corrected chi connectivity index (χ3v) is 3.55. The normalized spacial score (nSPS) is 11.0. The Morgan fingerprint density at radius 3 is 3.04 bits per heavy atom. The Balaban J connectivity index is 1.53. The minimum atomic E-state index is -0.147. The first-order valence-corrected chi connectivity index (χ1v) is 7.65. The first-order chi connectivity index (χ1) is 11.8. The van der Waals surface area contributed by atoms with Crippen LogP contribution in [0.3, 0.4) is 0 Å². The van der Waals surface area contributed by atoms with Crippen LogP contribution >= 0.6 is 0 Å². The van der Waals surface area contributed by atoms with Crippen molar-refractivity contribution < 1.29 is 9.53 Å². The molecule has 0 spiro atoms. The topological polar surface area (TPSA) is 68.5 Å². The number of benzene rings is 1. The lowest BCUT2D eigenvalue weighted by Crippen LogP contribution is -2.24. The Morgan fingerprint density at radius 2 is 2.17 bits per heavy atom. The predicted octanol–water partition coefficient (Wildman–Crippen LogP) is 2.11. The van der Waals surface area contributed by atoms with Crippen LogP contribution in [-0.4, -0.2) is 34.2 Å². The van der Waals surface area contributed by atoms with E-state index >= 15 is 0 Å². The van der Waals surface area contributed by atoms with E-state index < -0.39 is 0 Å². The molecule has 0 saturated carbocycles. The molecule has 0 atom stereocenters. The van der Waals surface area contributed by atoms with Crippen LogP contribution in [0.4, 0.5) is 0 Å². The zero-order valence-corrected chi connectivity index (χ0v) is 13.3. The van der Waals surface area contributed by atoms with Gasteiger partial charge >= 0.3 is 0 Å². The SMILES string of the molecule is COc1cccc(C=CC(=O)NCCc2nnc3ccccn23)c1.